The van der Waals surface area contributed by atoms with E-state index in [1.165, 1.54) is 6.42 Å². The normalized spacial score (nSPS) is 32.1. The maximum atomic E-state index is 11.8. The first-order chi connectivity index (χ1) is 7.58. The molecule has 1 saturated carbocycles. The van der Waals surface area contributed by atoms with Gasteiger partial charge in [0.15, 0.2) is 0 Å². The van der Waals surface area contributed by atoms with E-state index in [1.54, 1.807) is 0 Å². The Morgan fingerprint density at radius 3 is 2.56 bits per heavy atom. The van der Waals surface area contributed by atoms with Crippen molar-refractivity contribution in [2.24, 2.45) is 23.5 Å². The van der Waals surface area contributed by atoms with Gasteiger partial charge in [0.1, 0.15) is 6.10 Å². The highest BCUT2D eigenvalue weighted by molar-refractivity contribution is 5.72. The summed E-state index contributed by atoms with van der Waals surface area (Å²) in [6.45, 7) is 6.89. The standard InChI is InChI=1S/C13H25NO2/c1-4-11(8-14)13(15)16-12-6-5-9(2)10(3)7-12/h9-12H,4-8,14H2,1-3H3. The molecule has 0 heterocycles. The Balaban J connectivity index is 2.40. The van der Waals surface area contributed by atoms with Crippen molar-refractivity contribution in [2.75, 3.05) is 6.54 Å². The first kappa shape index (κ1) is 13.5. The average molecular weight is 227 g/mol. The van der Waals surface area contributed by atoms with Crippen molar-refractivity contribution in [2.45, 2.75) is 52.6 Å². The molecule has 16 heavy (non-hydrogen) atoms. The van der Waals surface area contributed by atoms with Crippen LogP contribution in [0.3, 0.4) is 0 Å². The predicted octanol–water partition coefficient (Wildman–Crippen LogP) is 2.34. The quantitative estimate of drug-likeness (QED) is 0.750. The van der Waals surface area contributed by atoms with Crippen LogP contribution in [-0.2, 0) is 9.53 Å². The second-order valence-electron chi connectivity index (χ2n) is 5.17. The zero-order chi connectivity index (χ0) is 12.1. The van der Waals surface area contributed by atoms with Crippen molar-refractivity contribution in [3.8, 4) is 0 Å². The van der Waals surface area contributed by atoms with Crippen LogP contribution in [-0.4, -0.2) is 18.6 Å². The van der Waals surface area contributed by atoms with Gasteiger partial charge in [-0.3, -0.25) is 4.79 Å². The number of esters is 1. The summed E-state index contributed by atoms with van der Waals surface area (Å²) in [5.74, 6) is 1.20. The van der Waals surface area contributed by atoms with Crippen molar-refractivity contribution < 1.29 is 9.53 Å². The first-order valence-corrected chi connectivity index (χ1v) is 6.49. The minimum absolute atomic E-state index is 0.100. The molecule has 4 unspecified atom stereocenters. The number of hydrogen-bond acceptors (Lipinski definition) is 3. The lowest BCUT2D eigenvalue weighted by Crippen LogP contribution is -2.33. The van der Waals surface area contributed by atoms with Crippen molar-refractivity contribution in [1.29, 1.82) is 0 Å². The van der Waals surface area contributed by atoms with Gasteiger partial charge in [0.25, 0.3) is 0 Å². The third-order valence-corrected chi connectivity index (χ3v) is 3.94. The molecule has 1 aliphatic rings. The summed E-state index contributed by atoms with van der Waals surface area (Å²) in [4.78, 5) is 11.8. The minimum atomic E-state index is -0.116. The Kier molecular flexibility index (Phi) is 5.26. The Hall–Kier alpha value is -0.570. The average Bonchev–Trinajstić information content (AvgIpc) is 2.25. The van der Waals surface area contributed by atoms with E-state index in [1.807, 2.05) is 6.92 Å². The number of ether oxygens (including phenoxy) is 1. The zero-order valence-corrected chi connectivity index (χ0v) is 10.7. The fraction of sp³-hybridized carbons (Fsp3) is 0.923. The van der Waals surface area contributed by atoms with E-state index in [4.69, 9.17) is 10.5 Å². The second kappa shape index (κ2) is 6.24. The van der Waals surface area contributed by atoms with Crippen LogP contribution in [0.1, 0.15) is 46.5 Å². The fourth-order valence-corrected chi connectivity index (χ4v) is 2.30. The summed E-state index contributed by atoms with van der Waals surface area (Å²) in [5, 5.41) is 0. The highest BCUT2D eigenvalue weighted by Crippen LogP contribution is 2.31. The largest absolute Gasteiger partial charge is 0.462 e. The smallest absolute Gasteiger partial charge is 0.310 e. The van der Waals surface area contributed by atoms with Crippen LogP contribution in [0.2, 0.25) is 0 Å². The van der Waals surface area contributed by atoms with Gasteiger partial charge < -0.3 is 10.5 Å². The topological polar surface area (TPSA) is 52.3 Å². The lowest BCUT2D eigenvalue weighted by atomic mass is 9.80. The molecule has 0 amide bonds. The molecular formula is C13H25NO2. The van der Waals surface area contributed by atoms with E-state index in [9.17, 15) is 4.79 Å². The van der Waals surface area contributed by atoms with E-state index in [2.05, 4.69) is 13.8 Å². The van der Waals surface area contributed by atoms with Gasteiger partial charge in [-0.15, -0.1) is 0 Å². The fourth-order valence-electron chi connectivity index (χ4n) is 2.30. The van der Waals surface area contributed by atoms with Gasteiger partial charge in [-0.2, -0.15) is 0 Å². The molecule has 1 rings (SSSR count). The summed E-state index contributed by atoms with van der Waals surface area (Å²) in [7, 11) is 0. The molecule has 3 nitrogen and oxygen atoms in total. The van der Waals surface area contributed by atoms with Gasteiger partial charge in [0.2, 0.25) is 0 Å². The minimum Gasteiger partial charge on any atom is -0.462 e. The Morgan fingerprint density at radius 1 is 1.38 bits per heavy atom. The van der Waals surface area contributed by atoms with Gasteiger partial charge in [-0.1, -0.05) is 20.8 Å². The third kappa shape index (κ3) is 3.48. The first-order valence-electron chi connectivity index (χ1n) is 6.49. The molecule has 0 aromatic rings. The van der Waals surface area contributed by atoms with E-state index < -0.39 is 0 Å². The van der Waals surface area contributed by atoms with Crippen LogP contribution in [0.25, 0.3) is 0 Å². The van der Waals surface area contributed by atoms with Crippen molar-refractivity contribution in [3.63, 3.8) is 0 Å². The van der Waals surface area contributed by atoms with Gasteiger partial charge in [0.05, 0.1) is 5.92 Å². The van der Waals surface area contributed by atoms with E-state index in [0.29, 0.717) is 12.5 Å². The summed E-state index contributed by atoms with van der Waals surface area (Å²) in [6, 6.07) is 0. The Labute approximate surface area is 98.7 Å². The molecule has 4 atom stereocenters. The third-order valence-electron chi connectivity index (χ3n) is 3.94. The van der Waals surface area contributed by atoms with Crippen LogP contribution in [0, 0.1) is 17.8 Å². The van der Waals surface area contributed by atoms with E-state index in [0.717, 1.165) is 25.2 Å². The SMILES string of the molecule is CCC(CN)C(=O)OC1CCC(C)C(C)C1. The summed E-state index contributed by atoms with van der Waals surface area (Å²) in [6.07, 6.45) is 4.08. The monoisotopic (exact) mass is 227 g/mol. The highest BCUT2D eigenvalue weighted by atomic mass is 16.5. The molecule has 1 aliphatic carbocycles. The van der Waals surface area contributed by atoms with E-state index >= 15 is 0 Å². The number of hydrogen-bond donors (Lipinski definition) is 1. The van der Waals surface area contributed by atoms with Crippen molar-refractivity contribution in [1.82, 2.24) is 0 Å². The maximum Gasteiger partial charge on any atom is 0.310 e. The molecule has 0 radical (unpaired) electrons. The van der Waals surface area contributed by atoms with Crippen molar-refractivity contribution >= 4 is 5.97 Å². The summed E-state index contributed by atoms with van der Waals surface area (Å²) < 4.78 is 5.54. The lowest BCUT2D eigenvalue weighted by Gasteiger charge is -2.32. The second-order valence-corrected chi connectivity index (χ2v) is 5.17. The Bertz CT molecular complexity index is 226. The van der Waals surface area contributed by atoms with Gasteiger partial charge in [0, 0.05) is 6.54 Å². The molecule has 1 fully saturated rings. The molecule has 94 valence electrons. The molecule has 0 aromatic heterocycles. The molecule has 0 spiro atoms. The number of rotatable bonds is 4. The van der Waals surface area contributed by atoms with Crippen LogP contribution in [0.5, 0.6) is 0 Å². The lowest BCUT2D eigenvalue weighted by molar-refractivity contribution is -0.156. The number of nitrogens with two attached hydrogens (primary N) is 1. The van der Waals surface area contributed by atoms with Crippen LogP contribution in [0.15, 0.2) is 0 Å². The molecule has 0 aromatic carbocycles. The molecular weight excluding hydrogens is 202 g/mol. The molecule has 2 N–H and O–H groups in total. The van der Waals surface area contributed by atoms with E-state index in [-0.39, 0.29) is 18.0 Å². The van der Waals surface area contributed by atoms with Crippen LogP contribution in [0.4, 0.5) is 0 Å². The molecule has 3 heteroatoms. The van der Waals surface area contributed by atoms with Crippen LogP contribution >= 0.6 is 0 Å². The highest BCUT2D eigenvalue weighted by Gasteiger charge is 2.28. The molecule has 0 bridgehead atoms. The summed E-state index contributed by atoms with van der Waals surface area (Å²) in [5.41, 5.74) is 5.54. The Morgan fingerprint density at radius 2 is 2.06 bits per heavy atom. The maximum absolute atomic E-state index is 11.8. The number of carbonyl (C=O) groups excluding carboxylic acids is 1. The number of carbonyl (C=O) groups is 1. The van der Waals surface area contributed by atoms with Crippen LogP contribution < -0.4 is 5.73 Å². The predicted molar refractivity (Wildman–Crippen MR) is 64.9 cm³/mol. The van der Waals surface area contributed by atoms with Crippen molar-refractivity contribution in [3.05, 3.63) is 0 Å². The molecule has 0 aliphatic heterocycles. The van der Waals surface area contributed by atoms with Gasteiger partial charge in [-0.05, 0) is 37.5 Å². The molecule has 0 saturated heterocycles. The zero-order valence-electron chi connectivity index (χ0n) is 10.7. The van der Waals surface area contributed by atoms with Gasteiger partial charge >= 0.3 is 5.97 Å². The summed E-state index contributed by atoms with van der Waals surface area (Å²) >= 11 is 0. The van der Waals surface area contributed by atoms with Gasteiger partial charge in [-0.25, -0.2) is 0 Å².